The van der Waals surface area contributed by atoms with Gasteiger partial charge in [0.05, 0.1) is 10.3 Å². The van der Waals surface area contributed by atoms with Crippen molar-refractivity contribution in [2.24, 2.45) is 0 Å². The second-order valence-corrected chi connectivity index (χ2v) is 5.44. The van der Waals surface area contributed by atoms with Gasteiger partial charge in [-0.1, -0.05) is 57.6 Å². The van der Waals surface area contributed by atoms with E-state index in [-0.39, 0.29) is 5.38 Å². The quantitative estimate of drug-likeness (QED) is 0.269. The molecule has 0 N–H and O–H groups in total. The van der Waals surface area contributed by atoms with E-state index in [1.165, 1.54) is 32.1 Å². The Morgan fingerprint density at radius 2 is 1.56 bits per heavy atom. The van der Waals surface area contributed by atoms with Crippen molar-refractivity contribution in [2.45, 2.75) is 62.1 Å². The first-order chi connectivity index (χ1) is 7.60. The van der Waals surface area contributed by atoms with Crippen molar-refractivity contribution in [2.75, 3.05) is 0 Å². The minimum Gasteiger partial charge on any atom is -0.120 e. The minimum absolute atomic E-state index is 0.102. The van der Waals surface area contributed by atoms with E-state index in [2.05, 4.69) is 20.1 Å². The molecule has 0 radical (unpaired) electrons. The molecule has 0 heterocycles. The summed E-state index contributed by atoms with van der Waals surface area (Å²) in [6, 6.07) is 0. The first kappa shape index (κ1) is 16.1. The summed E-state index contributed by atoms with van der Waals surface area (Å²) in [5.41, 5.74) is 0. The molecule has 0 aromatic rings. The van der Waals surface area contributed by atoms with Crippen LogP contribution >= 0.6 is 23.2 Å². The van der Waals surface area contributed by atoms with Crippen molar-refractivity contribution < 1.29 is 0 Å². The molecule has 0 aromatic heterocycles. The van der Waals surface area contributed by atoms with Crippen LogP contribution in [0.5, 0.6) is 0 Å². The highest BCUT2D eigenvalue weighted by molar-refractivity contribution is 6.34. The molecule has 16 heavy (non-hydrogen) atoms. The lowest BCUT2D eigenvalue weighted by Gasteiger charge is -2.24. The second kappa shape index (κ2) is 9.13. The second-order valence-electron chi connectivity index (χ2n) is 4.26. The van der Waals surface area contributed by atoms with E-state index in [9.17, 15) is 0 Å². The zero-order valence-corrected chi connectivity index (χ0v) is 11.9. The van der Waals surface area contributed by atoms with Gasteiger partial charge >= 0.3 is 0 Å². The molecule has 0 saturated carbocycles. The standard InChI is InChI=1S/C14H24Cl2/c1-4-7-8-9-10-11-12-13(15)14(16,5-2)6-3/h5-6,13H,2-4,7-12H2,1H3. The zero-order valence-electron chi connectivity index (χ0n) is 10.4. The van der Waals surface area contributed by atoms with Gasteiger partial charge in [-0.3, -0.25) is 0 Å². The van der Waals surface area contributed by atoms with Crippen LogP contribution < -0.4 is 0 Å². The van der Waals surface area contributed by atoms with E-state index in [4.69, 9.17) is 23.2 Å². The Bertz CT molecular complexity index is 191. The van der Waals surface area contributed by atoms with Crippen LogP contribution in [0, 0.1) is 0 Å². The molecular weight excluding hydrogens is 239 g/mol. The number of unbranched alkanes of at least 4 members (excludes halogenated alkanes) is 5. The monoisotopic (exact) mass is 262 g/mol. The number of hydrogen-bond acceptors (Lipinski definition) is 0. The zero-order chi connectivity index (χ0) is 12.4. The number of allylic oxidation sites excluding steroid dienone is 2. The van der Waals surface area contributed by atoms with Crippen LogP contribution in [-0.2, 0) is 0 Å². The van der Waals surface area contributed by atoms with Gasteiger partial charge in [-0.15, -0.1) is 36.4 Å². The molecular formula is C14H24Cl2. The highest BCUT2D eigenvalue weighted by atomic mass is 35.5. The third kappa shape index (κ3) is 5.96. The van der Waals surface area contributed by atoms with Crippen LogP contribution in [0.25, 0.3) is 0 Å². The minimum atomic E-state index is -0.648. The van der Waals surface area contributed by atoms with E-state index < -0.39 is 4.87 Å². The van der Waals surface area contributed by atoms with E-state index in [0.29, 0.717) is 0 Å². The predicted molar refractivity (Wildman–Crippen MR) is 76.6 cm³/mol. The van der Waals surface area contributed by atoms with Gasteiger partial charge in [-0.05, 0) is 6.42 Å². The Morgan fingerprint density at radius 3 is 2.06 bits per heavy atom. The van der Waals surface area contributed by atoms with Gasteiger partial charge < -0.3 is 0 Å². The largest absolute Gasteiger partial charge is 0.120 e. The van der Waals surface area contributed by atoms with E-state index in [1.54, 1.807) is 12.2 Å². The molecule has 0 fully saturated rings. The van der Waals surface area contributed by atoms with Gasteiger partial charge in [0.25, 0.3) is 0 Å². The van der Waals surface area contributed by atoms with Gasteiger partial charge in [0.1, 0.15) is 0 Å². The van der Waals surface area contributed by atoms with Crippen molar-refractivity contribution >= 4 is 23.2 Å². The van der Waals surface area contributed by atoms with E-state index in [1.807, 2.05) is 0 Å². The van der Waals surface area contributed by atoms with Gasteiger partial charge in [0.2, 0.25) is 0 Å². The Hall–Kier alpha value is 0.0600. The number of hydrogen-bond donors (Lipinski definition) is 0. The van der Waals surface area contributed by atoms with Crippen LogP contribution in [0.2, 0.25) is 0 Å². The van der Waals surface area contributed by atoms with E-state index in [0.717, 1.165) is 12.8 Å². The fraction of sp³-hybridized carbons (Fsp3) is 0.714. The van der Waals surface area contributed by atoms with Gasteiger partial charge in [0, 0.05) is 0 Å². The first-order valence-electron chi connectivity index (χ1n) is 6.21. The summed E-state index contributed by atoms with van der Waals surface area (Å²) in [5.74, 6) is 0. The third-order valence-corrected chi connectivity index (χ3v) is 4.18. The highest BCUT2D eigenvalue weighted by Gasteiger charge is 2.28. The fourth-order valence-electron chi connectivity index (χ4n) is 1.66. The molecule has 0 amide bonds. The summed E-state index contributed by atoms with van der Waals surface area (Å²) < 4.78 is 0. The SMILES string of the molecule is C=CC(Cl)(C=C)C(Cl)CCCCCCCC. The number of halogens is 2. The Balaban J connectivity index is 3.68. The lowest BCUT2D eigenvalue weighted by Crippen LogP contribution is -2.27. The molecule has 1 atom stereocenters. The summed E-state index contributed by atoms with van der Waals surface area (Å²) in [4.78, 5) is -0.648. The maximum absolute atomic E-state index is 6.25. The first-order valence-corrected chi connectivity index (χ1v) is 7.02. The van der Waals surface area contributed by atoms with Crippen molar-refractivity contribution in [3.63, 3.8) is 0 Å². The fourth-order valence-corrected chi connectivity index (χ4v) is 2.11. The Labute approximate surface area is 111 Å². The van der Waals surface area contributed by atoms with Crippen molar-refractivity contribution in [1.82, 2.24) is 0 Å². The highest BCUT2D eigenvalue weighted by Crippen LogP contribution is 2.30. The summed E-state index contributed by atoms with van der Waals surface area (Å²) in [6.07, 6.45) is 11.9. The molecule has 0 aliphatic rings. The van der Waals surface area contributed by atoms with Crippen molar-refractivity contribution in [3.05, 3.63) is 25.3 Å². The Morgan fingerprint density at radius 1 is 1.06 bits per heavy atom. The lowest BCUT2D eigenvalue weighted by atomic mass is 9.99. The molecule has 2 heteroatoms. The maximum atomic E-state index is 6.25. The van der Waals surface area contributed by atoms with Gasteiger partial charge in [0.15, 0.2) is 0 Å². The Kier molecular flexibility index (Phi) is 9.16. The van der Waals surface area contributed by atoms with Crippen LogP contribution in [0.3, 0.4) is 0 Å². The summed E-state index contributed by atoms with van der Waals surface area (Å²) in [6.45, 7) is 9.64. The third-order valence-electron chi connectivity index (χ3n) is 2.92. The average molecular weight is 263 g/mol. The molecule has 0 saturated heterocycles. The number of rotatable bonds is 10. The smallest absolute Gasteiger partial charge is 0.0964 e. The molecule has 1 unspecified atom stereocenters. The molecule has 0 bridgehead atoms. The average Bonchev–Trinajstić information content (AvgIpc) is 2.32. The van der Waals surface area contributed by atoms with Crippen LogP contribution in [0.1, 0.15) is 51.9 Å². The predicted octanol–water partition coefficient (Wildman–Crippen LogP) is 5.69. The van der Waals surface area contributed by atoms with Crippen LogP contribution in [-0.4, -0.2) is 10.3 Å². The molecule has 94 valence electrons. The van der Waals surface area contributed by atoms with Gasteiger partial charge in [-0.25, -0.2) is 0 Å². The molecule has 0 nitrogen and oxygen atoms in total. The summed E-state index contributed by atoms with van der Waals surface area (Å²) in [5, 5.41) is -0.102. The number of alkyl halides is 2. The maximum Gasteiger partial charge on any atom is 0.0964 e. The van der Waals surface area contributed by atoms with Crippen LogP contribution in [0.15, 0.2) is 25.3 Å². The normalized spacial score (nSPS) is 13.4. The van der Waals surface area contributed by atoms with Gasteiger partial charge in [-0.2, -0.15) is 0 Å². The van der Waals surface area contributed by atoms with Crippen LogP contribution in [0.4, 0.5) is 0 Å². The molecule has 0 aliphatic carbocycles. The molecule has 0 rings (SSSR count). The summed E-state index contributed by atoms with van der Waals surface area (Å²) >= 11 is 12.5. The lowest BCUT2D eigenvalue weighted by molar-refractivity contribution is 0.567. The van der Waals surface area contributed by atoms with E-state index >= 15 is 0 Å². The molecule has 0 spiro atoms. The summed E-state index contributed by atoms with van der Waals surface area (Å²) in [7, 11) is 0. The van der Waals surface area contributed by atoms with Crippen molar-refractivity contribution in [3.8, 4) is 0 Å². The topological polar surface area (TPSA) is 0 Å². The molecule has 0 aromatic carbocycles. The van der Waals surface area contributed by atoms with Crippen molar-refractivity contribution in [1.29, 1.82) is 0 Å². The molecule has 0 aliphatic heterocycles.